The monoisotopic (exact) mass is 437 g/mol. The van der Waals surface area contributed by atoms with Gasteiger partial charge in [-0.3, -0.25) is 4.79 Å². The predicted octanol–water partition coefficient (Wildman–Crippen LogP) is 3.00. The standard InChI is InChI=1S/C22H23N5O3S/c1-13-20(31-14(2)24-13)17-6-8-23-22(26-17)27-9-7-15(12-27)25-21(28)16-4-3-5-18-19(16)30-11-10-29-18/h3-6,8,15H,7,9-12H2,1-2H3,(H,25,28). The van der Waals surface area contributed by atoms with E-state index < -0.39 is 0 Å². The highest BCUT2D eigenvalue weighted by atomic mass is 32.1. The topological polar surface area (TPSA) is 89.5 Å². The third-order valence-electron chi connectivity index (χ3n) is 5.40. The fraction of sp³-hybridized carbons (Fsp3) is 0.364. The molecule has 160 valence electrons. The zero-order valence-corrected chi connectivity index (χ0v) is 18.2. The molecular weight excluding hydrogens is 414 g/mol. The molecule has 4 heterocycles. The van der Waals surface area contributed by atoms with Gasteiger partial charge >= 0.3 is 0 Å². The number of carbonyl (C=O) groups is 1. The summed E-state index contributed by atoms with van der Waals surface area (Å²) in [7, 11) is 0. The van der Waals surface area contributed by atoms with Crippen LogP contribution in [0.5, 0.6) is 11.5 Å². The summed E-state index contributed by atoms with van der Waals surface area (Å²) in [4.78, 5) is 29.8. The molecule has 0 aliphatic carbocycles. The van der Waals surface area contributed by atoms with Crippen molar-refractivity contribution in [1.29, 1.82) is 0 Å². The van der Waals surface area contributed by atoms with Crippen LogP contribution >= 0.6 is 11.3 Å². The summed E-state index contributed by atoms with van der Waals surface area (Å²) in [5.74, 6) is 1.66. The Bertz CT molecular complexity index is 1130. The molecule has 2 aliphatic heterocycles. The van der Waals surface area contributed by atoms with E-state index in [4.69, 9.17) is 14.5 Å². The highest BCUT2D eigenvalue weighted by molar-refractivity contribution is 7.15. The number of anilines is 1. The Hall–Kier alpha value is -3.20. The van der Waals surface area contributed by atoms with Gasteiger partial charge in [-0.1, -0.05) is 6.07 Å². The molecule has 1 fully saturated rings. The number of amides is 1. The third kappa shape index (κ3) is 3.93. The molecule has 0 spiro atoms. The van der Waals surface area contributed by atoms with Gasteiger partial charge in [0.15, 0.2) is 11.5 Å². The van der Waals surface area contributed by atoms with Gasteiger partial charge in [0.1, 0.15) is 13.2 Å². The molecule has 3 aromatic rings. The molecule has 0 saturated carbocycles. The highest BCUT2D eigenvalue weighted by Crippen LogP contribution is 2.34. The quantitative estimate of drug-likeness (QED) is 0.671. The molecule has 5 rings (SSSR count). The molecule has 1 atom stereocenters. The van der Waals surface area contributed by atoms with Crippen molar-refractivity contribution in [3.05, 3.63) is 46.7 Å². The maximum absolute atomic E-state index is 12.9. The van der Waals surface area contributed by atoms with Crippen molar-refractivity contribution in [2.75, 3.05) is 31.2 Å². The van der Waals surface area contributed by atoms with E-state index in [0.717, 1.165) is 34.2 Å². The van der Waals surface area contributed by atoms with E-state index in [1.807, 2.05) is 32.0 Å². The highest BCUT2D eigenvalue weighted by Gasteiger charge is 2.28. The number of benzene rings is 1. The Balaban J connectivity index is 1.28. The average Bonchev–Trinajstić information content (AvgIpc) is 3.39. The largest absolute Gasteiger partial charge is 0.486 e. The van der Waals surface area contributed by atoms with Crippen LogP contribution in [-0.2, 0) is 0 Å². The lowest BCUT2D eigenvalue weighted by molar-refractivity contribution is 0.0929. The average molecular weight is 438 g/mol. The van der Waals surface area contributed by atoms with E-state index in [1.54, 1.807) is 23.6 Å². The van der Waals surface area contributed by atoms with E-state index in [0.29, 0.717) is 42.8 Å². The summed E-state index contributed by atoms with van der Waals surface area (Å²) in [5, 5.41) is 4.15. The first-order valence-electron chi connectivity index (χ1n) is 10.3. The van der Waals surface area contributed by atoms with Gasteiger partial charge in [-0.05, 0) is 38.5 Å². The smallest absolute Gasteiger partial charge is 0.255 e. The van der Waals surface area contributed by atoms with Gasteiger partial charge in [-0.25, -0.2) is 15.0 Å². The predicted molar refractivity (Wildman–Crippen MR) is 118 cm³/mol. The maximum Gasteiger partial charge on any atom is 0.255 e. The molecule has 1 aromatic carbocycles. The third-order valence-corrected chi connectivity index (χ3v) is 6.49. The molecule has 2 aliphatic rings. The van der Waals surface area contributed by atoms with Crippen LogP contribution in [0.3, 0.4) is 0 Å². The second kappa shape index (κ2) is 8.14. The van der Waals surface area contributed by atoms with Gasteiger partial charge in [-0.2, -0.15) is 0 Å². The number of aromatic nitrogens is 3. The summed E-state index contributed by atoms with van der Waals surface area (Å²) in [6.07, 6.45) is 2.61. The molecule has 0 bridgehead atoms. The molecule has 1 unspecified atom stereocenters. The first kappa shape index (κ1) is 19.7. The zero-order valence-electron chi connectivity index (χ0n) is 17.4. The van der Waals surface area contributed by atoms with E-state index in [1.165, 1.54) is 0 Å². The van der Waals surface area contributed by atoms with Crippen LogP contribution in [0.25, 0.3) is 10.6 Å². The van der Waals surface area contributed by atoms with Gasteiger partial charge in [-0.15, -0.1) is 11.3 Å². The number of thiazole rings is 1. The van der Waals surface area contributed by atoms with E-state index in [2.05, 4.69) is 20.2 Å². The van der Waals surface area contributed by atoms with Crippen molar-refractivity contribution in [3.63, 3.8) is 0 Å². The normalized spacial score (nSPS) is 17.6. The molecule has 31 heavy (non-hydrogen) atoms. The number of fused-ring (bicyclic) bond motifs is 1. The van der Waals surface area contributed by atoms with Crippen LogP contribution in [0.15, 0.2) is 30.5 Å². The molecule has 1 N–H and O–H groups in total. The van der Waals surface area contributed by atoms with Crippen LogP contribution in [-0.4, -0.2) is 53.2 Å². The minimum Gasteiger partial charge on any atom is -0.486 e. The van der Waals surface area contributed by atoms with Crippen molar-refractivity contribution >= 4 is 23.2 Å². The van der Waals surface area contributed by atoms with Gasteiger partial charge < -0.3 is 19.7 Å². The van der Waals surface area contributed by atoms with Crippen molar-refractivity contribution < 1.29 is 14.3 Å². The molecular formula is C22H23N5O3S. The summed E-state index contributed by atoms with van der Waals surface area (Å²) in [5.41, 5.74) is 2.37. The summed E-state index contributed by atoms with van der Waals surface area (Å²) in [6, 6.07) is 7.32. The lowest BCUT2D eigenvalue weighted by Crippen LogP contribution is -2.37. The Morgan fingerprint density at radius 3 is 2.90 bits per heavy atom. The number of carbonyl (C=O) groups excluding carboxylic acids is 1. The SMILES string of the molecule is Cc1nc(C)c(-c2ccnc(N3CCC(NC(=O)c4cccc5c4OCCO5)C3)n2)s1. The Labute approximate surface area is 184 Å². The van der Waals surface area contributed by atoms with Crippen LogP contribution in [0.1, 0.15) is 27.5 Å². The maximum atomic E-state index is 12.9. The molecule has 1 saturated heterocycles. The molecule has 8 nitrogen and oxygen atoms in total. The Kier molecular flexibility index (Phi) is 5.19. The summed E-state index contributed by atoms with van der Waals surface area (Å²) in [6.45, 7) is 6.37. The minimum absolute atomic E-state index is 0.00695. The Morgan fingerprint density at radius 2 is 2.06 bits per heavy atom. The first-order chi connectivity index (χ1) is 15.1. The summed E-state index contributed by atoms with van der Waals surface area (Å²) < 4.78 is 11.3. The number of para-hydroxylation sites is 1. The van der Waals surface area contributed by atoms with Crippen LogP contribution in [0.2, 0.25) is 0 Å². The van der Waals surface area contributed by atoms with Crippen molar-refractivity contribution in [2.45, 2.75) is 26.3 Å². The number of aryl methyl sites for hydroxylation is 2. The van der Waals surface area contributed by atoms with Crippen LogP contribution < -0.4 is 19.7 Å². The first-order valence-corrected chi connectivity index (χ1v) is 11.1. The number of nitrogens with zero attached hydrogens (tertiary/aromatic N) is 4. The lowest BCUT2D eigenvalue weighted by Gasteiger charge is -2.21. The van der Waals surface area contributed by atoms with Crippen LogP contribution in [0.4, 0.5) is 5.95 Å². The van der Waals surface area contributed by atoms with Crippen molar-refractivity contribution in [1.82, 2.24) is 20.3 Å². The second-order valence-electron chi connectivity index (χ2n) is 7.62. The molecule has 2 aromatic heterocycles. The number of rotatable bonds is 4. The number of nitrogens with one attached hydrogen (secondary N) is 1. The van der Waals surface area contributed by atoms with Gasteiger partial charge in [0.2, 0.25) is 5.95 Å². The van der Waals surface area contributed by atoms with E-state index in [9.17, 15) is 4.79 Å². The number of ether oxygens (including phenoxy) is 2. The number of hydrogen-bond donors (Lipinski definition) is 1. The minimum atomic E-state index is -0.153. The zero-order chi connectivity index (χ0) is 21.4. The Morgan fingerprint density at radius 1 is 1.19 bits per heavy atom. The number of hydrogen-bond acceptors (Lipinski definition) is 8. The van der Waals surface area contributed by atoms with E-state index >= 15 is 0 Å². The van der Waals surface area contributed by atoms with Crippen molar-refractivity contribution in [2.24, 2.45) is 0 Å². The van der Waals surface area contributed by atoms with Gasteiger partial charge in [0, 0.05) is 25.3 Å². The van der Waals surface area contributed by atoms with Gasteiger partial charge in [0.25, 0.3) is 5.91 Å². The van der Waals surface area contributed by atoms with Crippen LogP contribution in [0, 0.1) is 13.8 Å². The van der Waals surface area contributed by atoms with Crippen molar-refractivity contribution in [3.8, 4) is 22.1 Å². The lowest BCUT2D eigenvalue weighted by atomic mass is 10.1. The molecule has 1 amide bonds. The fourth-order valence-electron chi connectivity index (χ4n) is 3.97. The summed E-state index contributed by atoms with van der Waals surface area (Å²) >= 11 is 1.64. The van der Waals surface area contributed by atoms with Gasteiger partial charge in [0.05, 0.1) is 26.8 Å². The van der Waals surface area contributed by atoms with E-state index in [-0.39, 0.29) is 11.9 Å². The molecule has 0 radical (unpaired) electrons. The fourth-order valence-corrected chi connectivity index (χ4v) is 4.86. The molecule has 9 heteroatoms. The second-order valence-corrected chi connectivity index (χ2v) is 8.83.